The lowest BCUT2D eigenvalue weighted by Crippen LogP contribution is -2.35. The molecule has 8 nitrogen and oxygen atoms in total. The topological polar surface area (TPSA) is 110 Å². The molecule has 4 rings (SSSR count). The number of nitrogens with zero attached hydrogens (tertiary/aromatic N) is 2. The maximum atomic E-state index is 12.8. The van der Waals surface area contributed by atoms with Crippen LogP contribution in [-0.2, 0) is 33.8 Å². The molecule has 2 aromatic rings. The van der Waals surface area contributed by atoms with Crippen molar-refractivity contribution in [2.24, 2.45) is 0 Å². The van der Waals surface area contributed by atoms with Gasteiger partial charge in [0.1, 0.15) is 0 Å². The van der Waals surface area contributed by atoms with Gasteiger partial charge in [-0.15, -0.1) is 12.4 Å². The predicted octanol–water partition coefficient (Wildman–Crippen LogP) is 4.31. The van der Waals surface area contributed by atoms with Crippen molar-refractivity contribution in [1.82, 2.24) is 10.2 Å². The Hall–Kier alpha value is -2.94. The number of ether oxygens (including phenoxy) is 1. The molecule has 0 radical (unpaired) electrons. The van der Waals surface area contributed by atoms with Gasteiger partial charge in [0.25, 0.3) is 5.91 Å². The molecule has 0 atom stereocenters. The van der Waals surface area contributed by atoms with E-state index in [1.165, 1.54) is 7.11 Å². The fraction of sp³-hybridized carbons (Fsp3) is 0.483. The molecule has 2 aliphatic heterocycles. The van der Waals surface area contributed by atoms with E-state index in [2.05, 4.69) is 11.4 Å². The number of hydrogen-bond donors (Lipinski definition) is 1. The van der Waals surface area contributed by atoms with Gasteiger partial charge in [0.15, 0.2) is 0 Å². The molecule has 2 aliphatic rings. The molecule has 2 heterocycles. The van der Waals surface area contributed by atoms with Gasteiger partial charge in [0.2, 0.25) is 5.91 Å². The normalized spacial score (nSPS) is 13.8. The molecule has 9 heteroatoms. The van der Waals surface area contributed by atoms with Crippen LogP contribution in [0.4, 0.5) is 5.69 Å². The number of methoxy groups -OCH3 is 1. The van der Waals surface area contributed by atoms with Crippen molar-refractivity contribution in [3.8, 4) is 0 Å². The van der Waals surface area contributed by atoms with Gasteiger partial charge in [-0.25, -0.2) is 0 Å². The van der Waals surface area contributed by atoms with Gasteiger partial charge >= 0.3 is 5.97 Å². The summed E-state index contributed by atoms with van der Waals surface area (Å²) in [5, 5.41) is 3.19. The van der Waals surface area contributed by atoms with E-state index in [0.29, 0.717) is 31.5 Å². The zero-order valence-corrected chi connectivity index (χ0v) is 24.2. The molecule has 0 aromatic heterocycles. The average Bonchev–Trinajstić information content (AvgIpc) is 3.43. The Balaban J connectivity index is 0.00000218. The number of nitrogens with one attached hydrogen (secondary N) is 1. The number of anilines is 1. The number of hydrogen-bond acceptors (Lipinski definition) is 5. The van der Waals surface area contributed by atoms with E-state index >= 15 is 0 Å². The van der Waals surface area contributed by atoms with Crippen molar-refractivity contribution in [3.05, 3.63) is 64.7 Å². The number of benzene rings is 2. The summed E-state index contributed by atoms with van der Waals surface area (Å²) in [6, 6.07) is 13.5. The molecule has 0 bridgehead atoms. The third-order valence-electron chi connectivity index (χ3n) is 6.11. The predicted molar refractivity (Wildman–Crippen MR) is 155 cm³/mol. The van der Waals surface area contributed by atoms with Crippen LogP contribution in [0.5, 0.6) is 0 Å². The second kappa shape index (κ2) is 18.3. The van der Waals surface area contributed by atoms with Crippen molar-refractivity contribution >= 4 is 35.9 Å². The van der Waals surface area contributed by atoms with Crippen LogP contribution in [0, 0.1) is 0 Å². The van der Waals surface area contributed by atoms with Crippen LogP contribution in [0.2, 0.25) is 0 Å². The number of halogens is 1. The highest BCUT2D eigenvalue weighted by atomic mass is 35.5. The van der Waals surface area contributed by atoms with E-state index in [4.69, 9.17) is 4.74 Å². The second-order valence-corrected chi connectivity index (χ2v) is 8.32. The highest BCUT2D eigenvalue weighted by molar-refractivity contribution is 5.96. The van der Waals surface area contributed by atoms with Crippen LogP contribution >= 0.6 is 12.4 Å². The molecule has 3 N–H and O–H groups in total. The van der Waals surface area contributed by atoms with E-state index in [9.17, 15) is 14.4 Å². The van der Waals surface area contributed by atoms with Gasteiger partial charge in [-0.05, 0) is 54.2 Å². The molecule has 1 saturated heterocycles. The summed E-state index contributed by atoms with van der Waals surface area (Å²) in [7, 11) is 1.39. The first-order valence-electron chi connectivity index (χ1n) is 13.1. The molecule has 0 saturated carbocycles. The van der Waals surface area contributed by atoms with Crippen LogP contribution < -0.4 is 10.2 Å². The van der Waals surface area contributed by atoms with Crippen molar-refractivity contribution < 1.29 is 24.6 Å². The summed E-state index contributed by atoms with van der Waals surface area (Å²) < 4.78 is 4.73. The quantitative estimate of drug-likeness (QED) is 0.540. The molecular weight excluding hydrogens is 506 g/mol. The summed E-state index contributed by atoms with van der Waals surface area (Å²) in [6.07, 6.45) is 3.06. The minimum Gasteiger partial charge on any atom is -0.469 e. The first kappa shape index (κ1) is 35.1. The summed E-state index contributed by atoms with van der Waals surface area (Å²) in [5.74, 6) is -0.154. The highest BCUT2D eigenvalue weighted by Crippen LogP contribution is 2.27. The molecule has 212 valence electrons. The first-order chi connectivity index (χ1) is 17.5. The van der Waals surface area contributed by atoms with E-state index in [1.807, 2.05) is 69.0 Å². The van der Waals surface area contributed by atoms with Gasteiger partial charge in [0.05, 0.1) is 20.2 Å². The molecule has 2 aromatic carbocycles. The van der Waals surface area contributed by atoms with E-state index in [0.717, 1.165) is 48.3 Å². The molecular formula is C29H44ClN3O5. The largest absolute Gasteiger partial charge is 0.469 e. The van der Waals surface area contributed by atoms with Gasteiger partial charge < -0.3 is 25.3 Å². The highest BCUT2D eigenvalue weighted by Gasteiger charge is 2.23. The maximum absolute atomic E-state index is 12.8. The standard InChI is InChI=1S/C25H29N3O4.2C2H6.ClH.H2O/c1-32-24(30)11-7-18-6-10-22-21(14-18)15-26-16-23(29)28(22)17-19-4-8-20(9-5-19)25(31)27-12-2-3-13-27;2*1-2;;/h4-6,8-10,14,26H,2-3,7,11-13,15-17H2,1H3;2*1-2H3;1H;1H2. The summed E-state index contributed by atoms with van der Waals surface area (Å²) in [5.41, 5.74) is 4.60. The molecule has 0 aliphatic carbocycles. The maximum Gasteiger partial charge on any atom is 0.305 e. The number of fused-ring (bicyclic) bond motifs is 1. The van der Waals surface area contributed by atoms with Crippen LogP contribution in [0.3, 0.4) is 0 Å². The lowest BCUT2D eigenvalue weighted by atomic mass is 10.0. The first-order valence-corrected chi connectivity index (χ1v) is 13.1. The fourth-order valence-corrected chi connectivity index (χ4v) is 4.29. The van der Waals surface area contributed by atoms with Gasteiger partial charge in [-0.3, -0.25) is 14.4 Å². The second-order valence-electron chi connectivity index (χ2n) is 8.32. The number of aryl methyl sites for hydroxylation is 1. The number of carbonyl (C=O) groups excluding carboxylic acids is 3. The molecule has 38 heavy (non-hydrogen) atoms. The Morgan fingerprint density at radius 3 is 2.13 bits per heavy atom. The molecule has 1 fully saturated rings. The van der Waals surface area contributed by atoms with Crippen molar-refractivity contribution in [2.75, 3.05) is 31.6 Å². The van der Waals surface area contributed by atoms with Crippen molar-refractivity contribution in [2.45, 2.75) is 66.5 Å². The third kappa shape index (κ3) is 9.42. The smallest absolute Gasteiger partial charge is 0.305 e. The van der Waals surface area contributed by atoms with E-state index in [-0.39, 0.29) is 42.2 Å². The third-order valence-corrected chi connectivity index (χ3v) is 6.11. The Morgan fingerprint density at radius 2 is 1.53 bits per heavy atom. The number of carbonyl (C=O) groups is 3. The summed E-state index contributed by atoms with van der Waals surface area (Å²) in [4.78, 5) is 40.5. The van der Waals surface area contributed by atoms with Crippen molar-refractivity contribution in [1.29, 1.82) is 0 Å². The summed E-state index contributed by atoms with van der Waals surface area (Å²) in [6.45, 7) is 10.9. The van der Waals surface area contributed by atoms with Crippen LogP contribution in [0.1, 0.15) is 74.0 Å². The van der Waals surface area contributed by atoms with Crippen LogP contribution in [-0.4, -0.2) is 54.9 Å². The molecule has 0 unspecified atom stereocenters. The van der Waals surface area contributed by atoms with E-state index in [1.54, 1.807) is 4.90 Å². The Labute approximate surface area is 233 Å². The lowest BCUT2D eigenvalue weighted by Gasteiger charge is -2.23. The monoisotopic (exact) mass is 549 g/mol. The van der Waals surface area contributed by atoms with Crippen LogP contribution in [0.15, 0.2) is 42.5 Å². The SMILES string of the molecule is CC.CC.COC(=O)CCc1ccc2c(c1)CNCC(=O)N2Cc1ccc(C(=O)N2CCCC2)cc1.Cl.O. The van der Waals surface area contributed by atoms with Gasteiger partial charge in [-0.1, -0.05) is 52.0 Å². The number of esters is 1. The van der Waals surface area contributed by atoms with Gasteiger partial charge in [0, 0.05) is 37.3 Å². The fourth-order valence-electron chi connectivity index (χ4n) is 4.29. The minimum absolute atomic E-state index is 0. The molecule has 2 amide bonds. The van der Waals surface area contributed by atoms with Gasteiger partial charge in [-0.2, -0.15) is 0 Å². The van der Waals surface area contributed by atoms with E-state index < -0.39 is 0 Å². The van der Waals surface area contributed by atoms with Crippen LogP contribution in [0.25, 0.3) is 0 Å². The average molecular weight is 550 g/mol. The minimum atomic E-state index is -0.235. The molecule has 0 spiro atoms. The Kier molecular flexibility index (Phi) is 16.9. The Bertz CT molecular complexity index is 1010. The number of likely N-dealkylation sites (tertiary alicyclic amines) is 1. The van der Waals surface area contributed by atoms with Crippen molar-refractivity contribution in [3.63, 3.8) is 0 Å². The number of amides is 2. The number of rotatable bonds is 6. The Morgan fingerprint density at radius 1 is 0.921 bits per heavy atom. The lowest BCUT2D eigenvalue weighted by molar-refractivity contribution is -0.140. The zero-order valence-electron chi connectivity index (χ0n) is 23.3. The zero-order chi connectivity index (χ0) is 26.5. The summed E-state index contributed by atoms with van der Waals surface area (Å²) >= 11 is 0.